The van der Waals surface area contributed by atoms with E-state index < -0.39 is 25.6 Å². The van der Waals surface area contributed by atoms with Gasteiger partial charge in [-0.3, -0.25) is 20.2 Å². The van der Waals surface area contributed by atoms with Gasteiger partial charge in [-0.15, -0.1) is 0 Å². The van der Waals surface area contributed by atoms with Crippen molar-refractivity contribution in [3.05, 3.63) is 62.7 Å². The molecule has 2 saturated heterocycles. The summed E-state index contributed by atoms with van der Waals surface area (Å²) in [7, 11) is -4.03. The highest BCUT2D eigenvalue weighted by atomic mass is 32.2. The molecule has 0 N–H and O–H groups in total. The number of sulfonamides is 1. The van der Waals surface area contributed by atoms with Crippen LogP contribution in [0.25, 0.3) is 0 Å². The molecule has 2 aliphatic heterocycles. The molecule has 0 amide bonds. The number of hydrogen-bond donors (Lipinski definition) is 0. The van der Waals surface area contributed by atoms with Crippen molar-refractivity contribution in [3.8, 4) is 0 Å². The van der Waals surface area contributed by atoms with Crippen LogP contribution in [-0.2, 0) is 14.8 Å². The van der Waals surface area contributed by atoms with E-state index in [1.165, 1.54) is 34.6 Å². The van der Waals surface area contributed by atoms with Crippen LogP contribution in [0.2, 0.25) is 0 Å². The van der Waals surface area contributed by atoms with Crippen molar-refractivity contribution >= 4 is 32.8 Å². The topological polar surface area (TPSA) is 139 Å². The van der Waals surface area contributed by atoms with Gasteiger partial charge in [0.15, 0.2) is 4.90 Å². The smallest absolute Gasteiger partial charge is 0.292 e. The zero-order chi connectivity index (χ0) is 23.6. The lowest BCUT2D eigenvalue weighted by molar-refractivity contribution is -0.387. The van der Waals surface area contributed by atoms with Gasteiger partial charge in [0, 0.05) is 57.1 Å². The second-order valence-electron chi connectivity index (χ2n) is 7.65. The number of benzene rings is 2. The summed E-state index contributed by atoms with van der Waals surface area (Å²) in [6, 6.07) is 10.2. The molecule has 2 aromatic carbocycles. The molecular weight excluding hydrogens is 454 g/mol. The van der Waals surface area contributed by atoms with Crippen molar-refractivity contribution in [1.29, 1.82) is 0 Å². The van der Waals surface area contributed by atoms with Gasteiger partial charge in [0.1, 0.15) is 5.69 Å². The standard InChI is InChI=1S/C20H23N5O7S/c26-24(27)17-6-5-16(15-19(17)22-11-13-32-14-12-22)21-7-9-23(10-8-21)33(30,31)20-4-2-1-3-18(20)25(28)29/h1-6,15H,7-14H2. The van der Waals surface area contributed by atoms with E-state index in [0.29, 0.717) is 45.1 Å². The molecule has 0 saturated carbocycles. The first-order valence-corrected chi connectivity index (χ1v) is 11.8. The van der Waals surface area contributed by atoms with Gasteiger partial charge < -0.3 is 14.5 Å². The number of anilines is 2. The predicted molar refractivity (Wildman–Crippen MR) is 120 cm³/mol. The molecule has 2 heterocycles. The molecule has 0 unspecified atom stereocenters. The Morgan fingerprint density at radius 3 is 2.06 bits per heavy atom. The van der Waals surface area contributed by atoms with Gasteiger partial charge in [-0.05, 0) is 18.2 Å². The van der Waals surface area contributed by atoms with Crippen molar-refractivity contribution in [1.82, 2.24) is 4.31 Å². The molecule has 4 rings (SSSR count). The molecule has 2 fully saturated rings. The van der Waals surface area contributed by atoms with Gasteiger partial charge in [-0.1, -0.05) is 12.1 Å². The Morgan fingerprint density at radius 2 is 1.42 bits per heavy atom. The third-order valence-corrected chi connectivity index (χ3v) is 7.74. The maximum absolute atomic E-state index is 13.0. The third-order valence-electron chi connectivity index (χ3n) is 5.79. The number of ether oxygens (including phenoxy) is 1. The molecule has 0 atom stereocenters. The van der Waals surface area contributed by atoms with Gasteiger partial charge in [-0.25, -0.2) is 8.42 Å². The third kappa shape index (κ3) is 4.60. The summed E-state index contributed by atoms with van der Waals surface area (Å²) >= 11 is 0. The summed E-state index contributed by atoms with van der Waals surface area (Å²) in [6.07, 6.45) is 0. The molecule has 0 aromatic heterocycles. The van der Waals surface area contributed by atoms with Crippen molar-refractivity contribution in [2.45, 2.75) is 4.90 Å². The molecule has 0 aliphatic carbocycles. The SMILES string of the molecule is O=[N+]([O-])c1ccc(N2CCN(S(=O)(=O)c3ccccc3[N+](=O)[O-])CC2)cc1N1CCOCC1. The van der Waals surface area contributed by atoms with Crippen LogP contribution in [0.1, 0.15) is 0 Å². The molecule has 0 spiro atoms. The zero-order valence-electron chi connectivity index (χ0n) is 17.7. The first kappa shape index (κ1) is 22.9. The van der Waals surface area contributed by atoms with Crippen molar-refractivity contribution in [2.75, 3.05) is 62.3 Å². The van der Waals surface area contributed by atoms with Crippen LogP contribution >= 0.6 is 0 Å². The molecule has 2 aliphatic rings. The predicted octanol–water partition coefficient (Wildman–Crippen LogP) is 1.85. The van der Waals surface area contributed by atoms with Crippen LogP contribution < -0.4 is 9.80 Å². The molecule has 0 radical (unpaired) electrons. The van der Waals surface area contributed by atoms with E-state index in [9.17, 15) is 28.6 Å². The van der Waals surface area contributed by atoms with Crippen molar-refractivity contribution in [2.24, 2.45) is 0 Å². The number of nitro groups is 2. The molecule has 33 heavy (non-hydrogen) atoms. The summed E-state index contributed by atoms with van der Waals surface area (Å²) in [5, 5.41) is 22.8. The minimum atomic E-state index is -4.03. The lowest BCUT2D eigenvalue weighted by Crippen LogP contribution is -2.48. The minimum absolute atomic E-state index is 0.0123. The van der Waals surface area contributed by atoms with E-state index in [4.69, 9.17) is 4.74 Å². The molecule has 12 nitrogen and oxygen atoms in total. The van der Waals surface area contributed by atoms with E-state index in [2.05, 4.69) is 0 Å². The molecule has 0 bridgehead atoms. The Bertz CT molecular complexity index is 1160. The fraction of sp³-hybridized carbons (Fsp3) is 0.400. The lowest BCUT2D eigenvalue weighted by atomic mass is 10.2. The molecule has 13 heteroatoms. The van der Waals surface area contributed by atoms with Crippen LogP contribution in [0, 0.1) is 20.2 Å². The zero-order valence-corrected chi connectivity index (χ0v) is 18.5. The Balaban J connectivity index is 1.53. The highest BCUT2D eigenvalue weighted by Gasteiger charge is 2.34. The van der Waals surface area contributed by atoms with E-state index in [1.807, 2.05) is 9.80 Å². The summed E-state index contributed by atoms with van der Waals surface area (Å²) < 4.78 is 32.7. The first-order chi connectivity index (χ1) is 15.8. The van der Waals surface area contributed by atoms with Crippen LogP contribution in [0.3, 0.4) is 0 Å². The molecular formula is C20H23N5O7S. The van der Waals surface area contributed by atoms with Crippen LogP contribution in [-0.4, -0.2) is 75.1 Å². The van der Waals surface area contributed by atoms with Crippen molar-refractivity contribution < 1.29 is 23.0 Å². The van der Waals surface area contributed by atoms with E-state index >= 15 is 0 Å². The number of rotatable bonds is 6. The number of hydrogen-bond acceptors (Lipinski definition) is 9. The summed E-state index contributed by atoms with van der Waals surface area (Å²) in [6.45, 7) is 3.04. The fourth-order valence-electron chi connectivity index (χ4n) is 4.07. The number of nitrogens with zero attached hydrogens (tertiary/aromatic N) is 5. The second kappa shape index (κ2) is 9.29. The number of piperazine rings is 1. The molecule has 176 valence electrons. The van der Waals surface area contributed by atoms with Gasteiger partial charge in [0.05, 0.1) is 23.1 Å². The Hall–Kier alpha value is -3.29. The fourth-order valence-corrected chi connectivity index (χ4v) is 5.65. The quantitative estimate of drug-likeness (QED) is 0.450. The Labute approximate surface area is 190 Å². The van der Waals surface area contributed by atoms with Gasteiger partial charge in [-0.2, -0.15) is 4.31 Å². The van der Waals surface area contributed by atoms with E-state index in [-0.39, 0.29) is 23.7 Å². The van der Waals surface area contributed by atoms with Crippen molar-refractivity contribution in [3.63, 3.8) is 0 Å². The molecule has 2 aromatic rings. The monoisotopic (exact) mass is 477 g/mol. The maximum Gasteiger partial charge on any atom is 0.292 e. The van der Waals surface area contributed by atoms with Crippen LogP contribution in [0.15, 0.2) is 47.4 Å². The van der Waals surface area contributed by atoms with E-state index in [1.54, 1.807) is 12.1 Å². The van der Waals surface area contributed by atoms with Crippen LogP contribution in [0.4, 0.5) is 22.7 Å². The highest BCUT2D eigenvalue weighted by Crippen LogP contribution is 2.34. The second-order valence-corrected chi connectivity index (χ2v) is 9.55. The normalized spacial score (nSPS) is 17.7. The van der Waals surface area contributed by atoms with Crippen LogP contribution in [0.5, 0.6) is 0 Å². The number of nitro benzene ring substituents is 2. The van der Waals surface area contributed by atoms with Gasteiger partial charge in [0.2, 0.25) is 10.0 Å². The number of morpholine rings is 1. The average Bonchev–Trinajstić information content (AvgIpc) is 2.84. The highest BCUT2D eigenvalue weighted by molar-refractivity contribution is 7.89. The summed E-state index contributed by atoms with van der Waals surface area (Å²) in [4.78, 5) is 25.2. The lowest BCUT2D eigenvalue weighted by Gasteiger charge is -2.36. The summed E-state index contributed by atoms with van der Waals surface area (Å²) in [5.74, 6) is 0. The Morgan fingerprint density at radius 1 is 0.788 bits per heavy atom. The maximum atomic E-state index is 13.0. The van der Waals surface area contributed by atoms with E-state index in [0.717, 1.165) is 5.69 Å². The average molecular weight is 477 g/mol. The summed E-state index contributed by atoms with van der Waals surface area (Å²) in [5.41, 5.74) is 0.823. The largest absolute Gasteiger partial charge is 0.378 e. The minimum Gasteiger partial charge on any atom is -0.378 e. The number of para-hydroxylation sites is 1. The Kier molecular flexibility index (Phi) is 6.44. The van der Waals surface area contributed by atoms with Gasteiger partial charge in [0.25, 0.3) is 11.4 Å². The van der Waals surface area contributed by atoms with Gasteiger partial charge >= 0.3 is 0 Å². The first-order valence-electron chi connectivity index (χ1n) is 10.4.